The maximum atomic E-state index is 9.74. The topological polar surface area (TPSA) is 68.5 Å². The van der Waals surface area contributed by atoms with Crippen molar-refractivity contribution in [2.24, 2.45) is 0 Å². The Hall–Kier alpha value is -1.77. The highest BCUT2D eigenvalue weighted by atomic mass is 16.5. The molecule has 5 heteroatoms. The molecule has 1 unspecified atom stereocenters. The number of nitrogens with zero attached hydrogens (tertiary/aromatic N) is 2. The minimum atomic E-state index is -0.297. The smallest absolute Gasteiger partial charge is 0.161 e. The molecule has 1 atom stereocenters. The summed E-state index contributed by atoms with van der Waals surface area (Å²) in [5.74, 6) is 0.558. The predicted octanol–water partition coefficient (Wildman–Crippen LogP) is 1.65. The first kappa shape index (κ1) is 14.6. The summed E-state index contributed by atoms with van der Waals surface area (Å²) in [7, 11) is 0. The van der Waals surface area contributed by atoms with E-state index in [1.165, 1.54) is 0 Å². The number of benzene rings is 1. The molecule has 1 aliphatic heterocycles. The van der Waals surface area contributed by atoms with Crippen molar-refractivity contribution < 1.29 is 9.84 Å². The van der Waals surface area contributed by atoms with E-state index in [1.54, 1.807) is 18.2 Å². The Morgan fingerprint density at radius 2 is 2.30 bits per heavy atom. The van der Waals surface area contributed by atoms with Gasteiger partial charge in [0.2, 0.25) is 0 Å². The van der Waals surface area contributed by atoms with Crippen molar-refractivity contribution in [2.75, 3.05) is 32.8 Å². The van der Waals surface area contributed by atoms with Gasteiger partial charge >= 0.3 is 0 Å². The molecular weight excluding hydrogens is 254 g/mol. The van der Waals surface area contributed by atoms with E-state index in [0.29, 0.717) is 12.4 Å². The number of hydrogen-bond acceptors (Lipinski definition) is 5. The number of phenolic OH excluding ortho intramolecular Hbond substituents is 1. The van der Waals surface area contributed by atoms with Gasteiger partial charge in [0, 0.05) is 19.6 Å². The normalized spacial score (nSPS) is 18.0. The lowest BCUT2D eigenvalue weighted by Gasteiger charge is -2.25. The molecule has 1 aliphatic rings. The number of phenols is 1. The molecular formula is C15H21N3O2. The van der Waals surface area contributed by atoms with Gasteiger partial charge in [0.1, 0.15) is 6.04 Å². The molecule has 0 saturated carbocycles. The molecule has 1 heterocycles. The lowest BCUT2D eigenvalue weighted by molar-refractivity contribution is 0.251. The van der Waals surface area contributed by atoms with Crippen LogP contribution in [0.1, 0.15) is 24.9 Å². The summed E-state index contributed by atoms with van der Waals surface area (Å²) in [5, 5.41) is 22.6. The van der Waals surface area contributed by atoms with Crippen LogP contribution < -0.4 is 10.1 Å². The van der Waals surface area contributed by atoms with Crippen molar-refractivity contribution in [1.82, 2.24) is 10.2 Å². The van der Waals surface area contributed by atoms with E-state index in [1.807, 2.05) is 6.92 Å². The average Bonchev–Trinajstić information content (AvgIpc) is 2.72. The Labute approximate surface area is 119 Å². The predicted molar refractivity (Wildman–Crippen MR) is 76.7 cm³/mol. The van der Waals surface area contributed by atoms with E-state index in [-0.39, 0.29) is 11.8 Å². The van der Waals surface area contributed by atoms with Crippen LogP contribution in [-0.2, 0) is 0 Å². The number of nitrogens with one attached hydrogen (secondary N) is 1. The second-order valence-electron chi connectivity index (χ2n) is 4.83. The molecule has 20 heavy (non-hydrogen) atoms. The van der Waals surface area contributed by atoms with Crippen LogP contribution in [-0.4, -0.2) is 42.8 Å². The molecule has 0 spiro atoms. The van der Waals surface area contributed by atoms with Gasteiger partial charge in [-0.15, -0.1) is 0 Å². The fourth-order valence-corrected chi connectivity index (χ4v) is 2.46. The summed E-state index contributed by atoms with van der Waals surface area (Å²) < 4.78 is 5.39. The first-order valence-electron chi connectivity index (χ1n) is 7.06. The van der Waals surface area contributed by atoms with Crippen LogP contribution in [0.25, 0.3) is 0 Å². The quantitative estimate of drug-likeness (QED) is 0.874. The molecule has 0 radical (unpaired) electrons. The standard InChI is InChI=1S/C15H21N3O2/c1-2-20-15-10-12(4-5-14(15)19)13(11-16)18-8-3-6-17-7-9-18/h4-5,10,13,17,19H,2-3,6-9H2,1H3. The molecule has 2 rings (SSSR count). The molecule has 0 amide bonds. The van der Waals surface area contributed by atoms with Crippen molar-refractivity contribution in [3.63, 3.8) is 0 Å². The highest BCUT2D eigenvalue weighted by Crippen LogP contribution is 2.31. The second-order valence-corrected chi connectivity index (χ2v) is 4.83. The Kier molecular flexibility index (Phi) is 5.22. The first-order chi connectivity index (χ1) is 9.76. The molecule has 2 N–H and O–H groups in total. The molecule has 108 valence electrons. The van der Waals surface area contributed by atoms with Crippen LogP contribution in [0.4, 0.5) is 0 Å². The van der Waals surface area contributed by atoms with Gasteiger partial charge in [-0.1, -0.05) is 6.07 Å². The summed E-state index contributed by atoms with van der Waals surface area (Å²) >= 11 is 0. The maximum Gasteiger partial charge on any atom is 0.161 e. The molecule has 1 fully saturated rings. The van der Waals surface area contributed by atoms with Crippen LogP contribution in [0.2, 0.25) is 0 Å². The van der Waals surface area contributed by atoms with Crippen LogP contribution >= 0.6 is 0 Å². The largest absolute Gasteiger partial charge is 0.504 e. The Morgan fingerprint density at radius 3 is 3.05 bits per heavy atom. The lowest BCUT2D eigenvalue weighted by Crippen LogP contribution is -2.31. The van der Waals surface area contributed by atoms with Crippen LogP contribution in [0.15, 0.2) is 18.2 Å². The zero-order valence-corrected chi connectivity index (χ0v) is 11.8. The molecule has 5 nitrogen and oxygen atoms in total. The Balaban J connectivity index is 2.22. The summed E-state index contributed by atoms with van der Waals surface area (Å²) in [6, 6.07) is 7.23. The van der Waals surface area contributed by atoms with Gasteiger partial charge in [-0.05, 0) is 37.6 Å². The van der Waals surface area contributed by atoms with Crippen LogP contribution in [0.5, 0.6) is 11.5 Å². The molecule has 1 saturated heterocycles. The maximum absolute atomic E-state index is 9.74. The summed E-state index contributed by atoms with van der Waals surface area (Å²) in [4.78, 5) is 2.17. The summed E-state index contributed by atoms with van der Waals surface area (Å²) in [5.41, 5.74) is 0.871. The minimum absolute atomic E-state index is 0.116. The molecule has 1 aromatic rings. The van der Waals surface area contributed by atoms with E-state index < -0.39 is 0 Å². The van der Waals surface area contributed by atoms with Gasteiger partial charge < -0.3 is 15.2 Å². The third-order valence-corrected chi connectivity index (χ3v) is 3.46. The SMILES string of the molecule is CCOc1cc(C(C#N)N2CCCNCC2)ccc1O. The van der Waals surface area contributed by atoms with E-state index >= 15 is 0 Å². The summed E-state index contributed by atoms with van der Waals surface area (Å²) in [6.45, 7) is 6.00. The highest BCUT2D eigenvalue weighted by molar-refractivity contribution is 5.43. The third-order valence-electron chi connectivity index (χ3n) is 3.46. The average molecular weight is 275 g/mol. The number of hydrogen-bond donors (Lipinski definition) is 2. The molecule has 0 aromatic heterocycles. The van der Waals surface area contributed by atoms with Crippen LogP contribution in [0.3, 0.4) is 0 Å². The van der Waals surface area contributed by atoms with Crippen molar-refractivity contribution in [3.05, 3.63) is 23.8 Å². The molecule has 1 aromatic carbocycles. The number of rotatable bonds is 4. The number of aromatic hydroxyl groups is 1. The van der Waals surface area contributed by atoms with Gasteiger partial charge in [-0.3, -0.25) is 4.90 Å². The molecule has 0 aliphatic carbocycles. The van der Waals surface area contributed by atoms with Crippen molar-refractivity contribution in [3.8, 4) is 17.6 Å². The fourth-order valence-electron chi connectivity index (χ4n) is 2.46. The van der Waals surface area contributed by atoms with Gasteiger partial charge in [0.25, 0.3) is 0 Å². The summed E-state index contributed by atoms with van der Waals surface area (Å²) in [6.07, 6.45) is 1.04. The van der Waals surface area contributed by atoms with Crippen molar-refractivity contribution in [1.29, 1.82) is 5.26 Å². The number of ether oxygens (including phenoxy) is 1. The van der Waals surface area contributed by atoms with E-state index in [4.69, 9.17) is 4.74 Å². The zero-order valence-electron chi connectivity index (χ0n) is 11.8. The fraction of sp³-hybridized carbons (Fsp3) is 0.533. The monoisotopic (exact) mass is 275 g/mol. The highest BCUT2D eigenvalue weighted by Gasteiger charge is 2.22. The zero-order chi connectivity index (χ0) is 14.4. The lowest BCUT2D eigenvalue weighted by atomic mass is 10.1. The van der Waals surface area contributed by atoms with Crippen molar-refractivity contribution >= 4 is 0 Å². The van der Waals surface area contributed by atoms with Gasteiger partial charge in [0.05, 0.1) is 12.7 Å². The van der Waals surface area contributed by atoms with E-state index in [9.17, 15) is 10.4 Å². The van der Waals surface area contributed by atoms with Crippen molar-refractivity contribution in [2.45, 2.75) is 19.4 Å². The van der Waals surface area contributed by atoms with E-state index in [2.05, 4.69) is 16.3 Å². The van der Waals surface area contributed by atoms with Gasteiger partial charge in [-0.25, -0.2) is 0 Å². The van der Waals surface area contributed by atoms with Crippen LogP contribution in [0, 0.1) is 11.3 Å². The third kappa shape index (κ3) is 3.41. The molecule has 0 bridgehead atoms. The number of nitriles is 1. The van der Waals surface area contributed by atoms with Gasteiger partial charge in [-0.2, -0.15) is 5.26 Å². The Bertz CT molecular complexity index is 476. The Morgan fingerprint density at radius 1 is 1.45 bits per heavy atom. The van der Waals surface area contributed by atoms with E-state index in [0.717, 1.165) is 38.2 Å². The minimum Gasteiger partial charge on any atom is -0.504 e. The van der Waals surface area contributed by atoms with Gasteiger partial charge in [0.15, 0.2) is 11.5 Å². The second kappa shape index (κ2) is 7.13. The first-order valence-corrected chi connectivity index (χ1v) is 7.06.